The lowest BCUT2D eigenvalue weighted by molar-refractivity contribution is -0.0918. The summed E-state index contributed by atoms with van der Waals surface area (Å²) in [5.41, 5.74) is -0.794. The van der Waals surface area contributed by atoms with E-state index in [2.05, 4.69) is 6.92 Å². The van der Waals surface area contributed by atoms with Crippen LogP contribution in [0.25, 0.3) is 0 Å². The van der Waals surface area contributed by atoms with Crippen LogP contribution in [0.1, 0.15) is 33.1 Å². The molecule has 0 radical (unpaired) electrons. The second-order valence-electron chi connectivity index (χ2n) is 4.05. The van der Waals surface area contributed by atoms with Gasteiger partial charge in [0.2, 0.25) is 0 Å². The molecule has 2 heteroatoms. The monoisotopic (exact) mass is 158 g/mol. The molecule has 0 aromatic carbocycles. The maximum absolute atomic E-state index is 9.87. The minimum Gasteiger partial charge on any atom is -0.393 e. The molecule has 1 fully saturated rings. The zero-order chi connectivity index (χ0) is 8.48. The first kappa shape index (κ1) is 9.01. The van der Waals surface area contributed by atoms with E-state index in [0.29, 0.717) is 5.92 Å². The Bertz CT molecular complexity index is 136. The number of hydrogen-bond acceptors (Lipinski definition) is 2. The SMILES string of the molecule is CC1CCC(C)C(O)(CO)C1. The second-order valence-corrected chi connectivity index (χ2v) is 4.05. The Labute approximate surface area is 68.2 Å². The van der Waals surface area contributed by atoms with E-state index >= 15 is 0 Å². The van der Waals surface area contributed by atoms with Gasteiger partial charge in [-0.1, -0.05) is 20.3 Å². The molecule has 0 bridgehead atoms. The lowest BCUT2D eigenvalue weighted by Crippen LogP contribution is -2.44. The molecule has 1 saturated carbocycles. The van der Waals surface area contributed by atoms with Crippen molar-refractivity contribution in [3.63, 3.8) is 0 Å². The Balaban J connectivity index is 2.60. The highest BCUT2D eigenvalue weighted by atomic mass is 16.3. The number of aliphatic hydroxyl groups excluding tert-OH is 1. The zero-order valence-corrected chi connectivity index (χ0v) is 7.38. The van der Waals surface area contributed by atoms with Crippen molar-refractivity contribution in [3.8, 4) is 0 Å². The molecule has 2 nitrogen and oxygen atoms in total. The molecule has 0 spiro atoms. The number of hydrogen-bond donors (Lipinski definition) is 2. The molecule has 0 saturated heterocycles. The van der Waals surface area contributed by atoms with Crippen molar-refractivity contribution in [2.75, 3.05) is 6.61 Å². The van der Waals surface area contributed by atoms with Gasteiger partial charge in [-0.05, 0) is 24.7 Å². The molecule has 0 aliphatic heterocycles. The molecule has 3 atom stereocenters. The van der Waals surface area contributed by atoms with Crippen LogP contribution in [0.15, 0.2) is 0 Å². The van der Waals surface area contributed by atoms with Crippen molar-refractivity contribution in [3.05, 3.63) is 0 Å². The van der Waals surface area contributed by atoms with Gasteiger partial charge in [0, 0.05) is 0 Å². The van der Waals surface area contributed by atoms with E-state index in [0.717, 1.165) is 12.8 Å². The maximum atomic E-state index is 9.87. The van der Waals surface area contributed by atoms with Crippen LogP contribution in [-0.2, 0) is 0 Å². The lowest BCUT2D eigenvalue weighted by atomic mass is 9.72. The maximum Gasteiger partial charge on any atom is 0.0905 e. The standard InChI is InChI=1S/C9H18O2/c1-7-3-4-8(2)9(11,5-7)6-10/h7-8,10-11H,3-6H2,1-2H3. The highest BCUT2D eigenvalue weighted by Crippen LogP contribution is 2.36. The minimum absolute atomic E-state index is 0.0848. The van der Waals surface area contributed by atoms with Crippen LogP contribution in [0.5, 0.6) is 0 Å². The van der Waals surface area contributed by atoms with Gasteiger partial charge in [-0.3, -0.25) is 0 Å². The van der Waals surface area contributed by atoms with Gasteiger partial charge in [0.05, 0.1) is 12.2 Å². The van der Waals surface area contributed by atoms with E-state index in [1.54, 1.807) is 0 Å². The fraction of sp³-hybridized carbons (Fsp3) is 1.00. The van der Waals surface area contributed by atoms with Gasteiger partial charge in [-0.2, -0.15) is 0 Å². The minimum atomic E-state index is -0.794. The summed E-state index contributed by atoms with van der Waals surface area (Å²) in [7, 11) is 0. The summed E-state index contributed by atoms with van der Waals surface area (Å²) < 4.78 is 0. The summed E-state index contributed by atoms with van der Waals surface area (Å²) in [4.78, 5) is 0. The predicted molar refractivity (Wildman–Crippen MR) is 44.2 cm³/mol. The first-order valence-electron chi connectivity index (χ1n) is 4.42. The molecule has 1 aliphatic rings. The Morgan fingerprint density at radius 3 is 2.45 bits per heavy atom. The molecule has 1 aliphatic carbocycles. The molecule has 1 rings (SSSR count). The van der Waals surface area contributed by atoms with Crippen LogP contribution < -0.4 is 0 Å². The van der Waals surface area contributed by atoms with Gasteiger partial charge in [0.1, 0.15) is 0 Å². The van der Waals surface area contributed by atoms with Crippen LogP contribution in [0.3, 0.4) is 0 Å². The smallest absolute Gasteiger partial charge is 0.0905 e. The lowest BCUT2D eigenvalue weighted by Gasteiger charge is -2.39. The van der Waals surface area contributed by atoms with E-state index < -0.39 is 5.60 Å². The fourth-order valence-corrected chi connectivity index (χ4v) is 1.93. The third-order valence-electron chi connectivity index (χ3n) is 2.99. The molecule has 0 aromatic rings. The summed E-state index contributed by atoms with van der Waals surface area (Å²) in [6, 6.07) is 0. The average Bonchev–Trinajstić information content (AvgIpc) is 1.98. The number of rotatable bonds is 1. The predicted octanol–water partition coefficient (Wildman–Crippen LogP) is 1.17. The summed E-state index contributed by atoms with van der Waals surface area (Å²) in [6.07, 6.45) is 2.98. The van der Waals surface area contributed by atoms with Gasteiger partial charge in [-0.15, -0.1) is 0 Å². The Morgan fingerprint density at radius 1 is 1.36 bits per heavy atom. The van der Waals surface area contributed by atoms with Crippen LogP contribution >= 0.6 is 0 Å². The van der Waals surface area contributed by atoms with Crippen LogP contribution in [0, 0.1) is 11.8 Å². The molecule has 0 heterocycles. The molecule has 0 aromatic heterocycles. The van der Waals surface area contributed by atoms with Crippen molar-refractivity contribution in [2.45, 2.75) is 38.7 Å². The molecule has 0 amide bonds. The number of aliphatic hydroxyl groups is 2. The Morgan fingerprint density at radius 2 is 2.00 bits per heavy atom. The average molecular weight is 158 g/mol. The van der Waals surface area contributed by atoms with E-state index in [-0.39, 0.29) is 12.5 Å². The van der Waals surface area contributed by atoms with Crippen LogP contribution in [0.2, 0.25) is 0 Å². The van der Waals surface area contributed by atoms with Gasteiger partial charge in [0.15, 0.2) is 0 Å². The molecule has 2 N–H and O–H groups in total. The normalized spacial score (nSPS) is 45.8. The molecular weight excluding hydrogens is 140 g/mol. The Hall–Kier alpha value is -0.0800. The van der Waals surface area contributed by atoms with Crippen molar-refractivity contribution in [2.24, 2.45) is 11.8 Å². The van der Waals surface area contributed by atoms with Gasteiger partial charge < -0.3 is 10.2 Å². The summed E-state index contributed by atoms with van der Waals surface area (Å²) in [5, 5.41) is 18.9. The van der Waals surface area contributed by atoms with Gasteiger partial charge in [0.25, 0.3) is 0 Å². The highest BCUT2D eigenvalue weighted by Gasteiger charge is 2.37. The summed E-state index contributed by atoms with van der Waals surface area (Å²) >= 11 is 0. The van der Waals surface area contributed by atoms with Crippen molar-refractivity contribution >= 4 is 0 Å². The van der Waals surface area contributed by atoms with Crippen molar-refractivity contribution in [1.82, 2.24) is 0 Å². The topological polar surface area (TPSA) is 40.5 Å². The van der Waals surface area contributed by atoms with Crippen LogP contribution in [-0.4, -0.2) is 22.4 Å². The Kier molecular flexibility index (Phi) is 2.55. The van der Waals surface area contributed by atoms with E-state index in [4.69, 9.17) is 5.11 Å². The molecular formula is C9H18O2. The molecule has 3 unspecified atom stereocenters. The van der Waals surface area contributed by atoms with Crippen molar-refractivity contribution in [1.29, 1.82) is 0 Å². The fourth-order valence-electron chi connectivity index (χ4n) is 1.93. The zero-order valence-electron chi connectivity index (χ0n) is 7.38. The van der Waals surface area contributed by atoms with E-state index in [1.807, 2.05) is 6.92 Å². The largest absolute Gasteiger partial charge is 0.393 e. The van der Waals surface area contributed by atoms with Crippen molar-refractivity contribution < 1.29 is 10.2 Å². The van der Waals surface area contributed by atoms with Crippen LogP contribution in [0.4, 0.5) is 0 Å². The third-order valence-corrected chi connectivity index (χ3v) is 2.99. The molecule has 66 valence electrons. The second kappa shape index (κ2) is 3.11. The van der Waals surface area contributed by atoms with Gasteiger partial charge in [-0.25, -0.2) is 0 Å². The summed E-state index contributed by atoms with van der Waals surface area (Å²) in [5.74, 6) is 0.812. The summed E-state index contributed by atoms with van der Waals surface area (Å²) in [6.45, 7) is 4.06. The van der Waals surface area contributed by atoms with E-state index in [9.17, 15) is 5.11 Å². The first-order chi connectivity index (χ1) is 5.08. The third kappa shape index (κ3) is 1.74. The molecule has 11 heavy (non-hydrogen) atoms. The van der Waals surface area contributed by atoms with Gasteiger partial charge >= 0.3 is 0 Å². The van der Waals surface area contributed by atoms with E-state index in [1.165, 1.54) is 6.42 Å². The quantitative estimate of drug-likeness (QED) is 0.601. The first-order valence-corrected chi connectivity index (χ1v) is 4.42. The highest BCUT2D eigenvalue weighted by molar-refractivity contribution is 4.89.